The number of rotatable bonds is 3. The Morgan fingerprint density at radius 1 is 1.36 bits per heavy atom. The van der Waals surface area contributed by atoms with Crippen LogP contribution in [0.15, 0.2) is 24.3 Å². The van der Waals surface area contributed by atoms with Gasteiger partial charge >= 0.3 is 0 Å². The number of carbonyl (C=O) groups excluding carboxylic acids is 2. The van der Waals surface area contributed by atoms with Crippen LogP contribution in [-0.2, 0) is 11.2 Å². The maximum absolute atomic E-state index is 11.1. The third kappa shape index (κ3) is 2.40. The normalized spacial score (nSPS) is 9.57. The van der Waals surface area contributed by atoms with E-state index in [9.17, 15) is 9.59 Å². The number of ketones is 1. The Morgan fingerprint density at radius 3 is 2.57 bits per heavy atom. The highest BCUT2D eigenvalue weighted by Gasteiger charge is 2.10. The second-order valence-corrected chi connectivity index (χ2v) is 2.98. The molecular formula is C10H11NO3. The molecule has 4 heteroatoms. The lowest BCUT2D eigenvalue weighted by molar-refractivity contribution is -0.116. The molecule has 14 heavy (non-hydrogen) atoms. The van der Waals surface area contributed by atoms with E-state index >= 15 is 0 Å². The van der Waals surface area contributed by atoms with Crippen LogP contribution in [0, 0.1) is 0 Å². The number of hydroxylamine groups is 1. The summed E-state index contributed by atoms with van der Waals surface area (Å²) in [6.07, 6.45) is 0.198. The van der Waals surface area contributed by atoms with Crippen molar-refractivity contribution in [3.05, 3.63) is 35.4 Å². The Bertz CT molecular complexity index is 360. The minimum Gasteiger partial charge on any atom is -0.300 e. The molecule has 0 unspecified atom stereocenters. The van der Waals surface area contributed by atoms with Crippen molar-refractivity contribution in [3.63, 3.8) is 0 Å². The second-order valence-electron chi connectivity index (χ2n) is 2.98. The zero-order chi connectivity index (χ0) is 10.6. The number of hydrogen-bond donors (Lipinski definition) is 2. The Labute approximate surface area is 81.5 Å². The Balaban J connectivity index is 3.02. The van der Waals surface area contributed by atoms with Crippen LogP contribution in [0.25, 0.3) is 0 Å². The molecule has 0 aromatic heterocycles. The van der Waals surface area contributed by atoms with Gasteiger partial charge in [0.15, 0.2) is 0 Å². The molecule has 0 aliphatic heterocycles. The summed E-state index contributed by atoms with van der Waals surface area (Å²) in [4.78, 5) is 22.0. The lowest BCUT2D eigenvalue weighted by Gasteiger charge is -2.05. The molecule has 2 N–H and O–H groups in total. The monoisotopic (exact) mass is 193 g/mol. The molecule has 0 atom stereocenters. The van der Waals surface area contributed by atoms with Gasteiger partial charge in [0, 0.05) is 12.0 Å². The first kappa shape index (κ1) is 10.4. The van der Waals surface area contributed by atoms with E-state index < -0.39 is 5.91 Å². The molecule has 1 aromatic carbocycles. The van der Waals surface area contributed by atoms with Crippen LogP contribution in [0.1, 0.15) is 22.8 Å². The maximum Gasteiger partial charge on any atom is 0.274 e. The second kappa shape index (κ2) is 4.53. The molecule has 0 heterocycles. The van der Waals surface area contributed by atoms with Crippen molar-refractivity contribution in [2.75, 3.05) is 0 Å². The molecule has 0 radical (unpaired) electrons. The van der Waals surface area contributed by atoms with Crippen molar-refractivity contribution < 1.29 is 14.8 Å². The van der Waals surface area contributed by atoms with E-state index in [0.717, 1.165) is 0 Å². The first-order valence-electron chi connectivity index (χ1n) is 4.17. The quantitative estimate of drug-likeness (QED) is 0.554. The van der Waals surface area contributed by atoms with Crippen molar-refractivity contribution in [2.24, 2.45) is 0 Å². The van der Waals surface area contributed by atoms with Gasteiger partial charge in [0.05, 0.1) is 0 Å². The minimum atomic E-state index is -0.596. The molecule has 0 spiro atoms. The van der Waals surface area contributed by atoms with Crippen LogP contribution in [0.3, 0.4) is 0 Å². The van der Waals surface area contributed by atoms with Crippen LogP contribution in [0.4, 0.5) is 0 Å². The highest BCUT2D eigenvalue weighted by molar-refractivity contribution is 5.96. The van der Waals surface area contributed by atoms with E-state index in [4.69, 9.17) is 5.21 Å². The summed E-state index contributed by atoms with van der Waals surface area (Å²) in [7, 11) is 0. The van der Waals surface area contributed by atoms with Gasteiger partial charge in [-0.15, -0.1) is 0 Å². The predicted molar refractivity (Wildman–Crippen MR) is 50.1 cm³/mol. The molecule has 0 fully saturated rings. The molecule has 74 valence electrons. The summed E-state index contributed by atoms with van der Waals surface area (Å²) in [6.45, 7) is 1.45. The summed E-state index contributed by atoms with van der Waals surface area (Å²) in [6, 6.07) is 6.66. The molecular weight excluding hydrogens is 182 g/mol. The van der Waals surface area contributed by atoms with Crippen molar-refractivity contribution in [3.8, 4) is 0 Å². The first-order valence-corrected chi connectivity index (χ1v) is 4.17. The van der Waals surface area contributed by atoms with Crippen molar-refractivity contribution in [2.45, 2.75) is 13.3 Å². The van der Waals surface area contributed by atoms with Crippen molar-refractivity contribution in [1.82, 2.24) is 5.48 Å². The molecule has 1 amide bonds. The van der Waals surface area contributed by atoms with Crippen LogP contribution < -0.4 is 5.48 Å². The molecule has 0 saturated heterocycles. The van der Waals surface area contributed by atoms with Crippen molar-refractivity contribution >= 4 is 11.7 Å². The number of benzene rings is 1. The van der Waals surface area contributed by atoms with E-state index in [-0.39, 0.29) is 12.2 Å². The summed E-state index contributed by atoms with van der Waals surface area (Å²) in [5.74, 6) is -0.620. The lowest BCUT2D eigenvalue weighted by Crippen LogP contribution is -2.20. The summed E-state index contributed by atoms with van der Waals surface area (Å²) in [5, 5.41) is 8.46. The van der Waals surface area contributed by atoms with Crippen LogP contribution in [0.2, 0.25) is 0 Å². The first-order chi connectivity index (χ1) is 6.65. The van der Waals surface area contributed by atoms with Gasteiger partial charge in [-0.1, -0.05) is 18.2 Å². The standard InChI is InChI=1S/C10H11NO3/c1-7(12)6-8-4-2-3-5-9(8)10(13)11-14/h2-5,14H,6H2,1H3,(H,11,13). The average molecular weight is 193 g/mol. The largest absolute Gasteiger partial charge is 0.300 e. The van der Waals surface area contributed by atoms with Gasteiger partial charge in [-0.25, -0.2) is 5.48 Å². The van der Waals surface area contributed by atoms with Gasteiger partial charge in [-0.2, -0.15) is 0 Å². The predicted octanol–water partition coefficient (Wildman–Crippen LogP) is 0.937. The van der Waals surface area contributed by atoms with Gasteiger partial charge < -0.3 is 0 Å². The van der Waals surface area contributed by atoms with Crippen LogP contribution in [-0.4, -0.2) is 16.9 Å². The fraction of sp³-hybridized carbons (Fsp3) is 0.200. The van der Waals surface area contributed by atoms with Gasteiger partial charge in [0.25, 0.3) is 5.91 Å². The van der Waals surface area contributed by atoms with Gasteiger partial charge in [0.2, 0.25) is 0 Å². The highest BCUT2D eigenvalue weighted by Crippen LogP contribution is 2.09. The molecule has 1 aromatic rings. The topological polar surface area (TPSA) is 66.4 Å². The van der Waals surface area contributed by atoms with Crippen LogP contribution >= 0.6 is 0 Å². The van der Waals surface area contributed by atoms with E-state index in [0.29, 0.717) is 11.1 Å². The molecule has 1 rings (SSSR count). The molecule has 0 aliphatic carbocycles. The van der Waals surface area contributed by atoms with Gasteiger partial charge in [-0.3, -0.25) is 14.8 Å². The van der Waals surface area contributed by atoms with E-state index in [1.165, 1.54) is 6.92 Å². The summed E-state index contributed by atoms with van der Waals surface area (Å²) < 4.78 is 0. The highest BCUT2D eigenvalue weighted by atomic mass is 16.5. The van der Waals surface area contributed by atoms with E-state index in [1.54, 1.807) is 29.7 Å². The average Bonchev–Trinajstić information content (AvgIpc) is 2.16. The Morgan fingerprint density at radius 2 is 2.00 bits per heavy atom. The summed E-state index contributed by atoms with van der Waals surface area (Å²) >= 11 is 0. The number of nitrogens with one attached hydrogen (secondary N) is 1. The zero-order valence-corrected chi connectivity index (χ0v) is 7.78. The lowest BCUT2D eigenvalue weighted by atomic mass is 10.0. The van der Waals surface area contributed by atoms with Gasteiger partial charge in [0.1, 0.15) is 5.78 Å². The van der Waals surface area contributed by atoms with Crippen LogP contribution in [0.5, 0.6) is 0 Å². The Hall–Kier alpha value is -1.68. The number of amides is 1. The fourth-order valence-electron chi connectivity index (χ4n) is 1.22. The number of Topliss-reactive ketones (excluding diaryl/α,β-unsaturated/α-hetero) is 1. The molecule has 4 nitrogen and oxygen atoms in total. The third-order valence-electron chi connectivity index (χ3n) is 1.80. The SMILES string of the molecule is CC(=O)Cc1ccccc1C(=O)NO. The number of hydrogen-bond acceptors (Lipinski definition) is 3. The van der Waals surface area contributed by atoms with Crippen molar-refractivity contribution in [1.29, 1.82) is 0 Å². The summed E-state index contributed by atoms with van der Waals surface area (Å²) in [5.41, 5.74) is 2.49. The number of carbonyl (C=O) groups is 2. The van der Waals surface area contributed by atoms with E-state index in [2.05, 4.69) is 0 Å². The molecule has 0 aliphatic rings. The Kier molecular flexibility index (Phi) is 3.36. The maximum atomic E-state index is 11.1. The smallest absolute Gasteiger partial charge is 0.274 e. The minimum absolute atomic E-state index is 0.0248. The van der Waals surface area contributed by atoms with Gasteiger partial charge in [-0.05, 0) is 18.6 Å². The zero-order valence-electron chi connectivity index (χ0n) is 7.78. The van der Waals surface area contributed by atoms with E-state index in [1.807, 2.05) is 0 Å². The molecule has 0 bridgehead atoms. The molecule has 0 saturated carbocycles. The third-order valence-corrected chi connectivity index (χ3v) is 1.80. The fourth-order valence-corrected chi connectivity index (χ4v) is 1.22.